The van der Waals surface area contributed by atoms with Crippen LogP contribution >= 0.6 is 0 Å². The summed E-state index contributed by atoms with van der Waals surface area (Å²) in [6.45, 7) is 4.56. The lowest BCUT2D eigenvalue weighted by Gasteiger charge is -2.19. The SMILES string of the molecule is CCCCCCCCc1ccc(CC2CCC(CC)C2N)cc1. The van der Waals surface area contributed by atoms with Crippen LogP contribution < -0.4 is 5.73 Å². The van der Waals surface area contributed by atoms with E-state index in [1.807, 2.05) is 0 Å². The number of rotatable bonds is 10. The summed E-state index contributed by atoms with van der Waals surface area (Å²) in [5.74, 6) is 1.45. The second kappa shape index (κ2) is 10.1. The Morgan fingerprint density at radius 1 is 0.826 bits per heavy atom. The molecule has 0 aromatic heterocycles. The van der Waals surface area contributed by atoms with Crippen molar-refractivity contribution in [2.75, 3.05) is 0 Å². The zero-order valence-corrected chi connectivity index (χ0v) is 15.4. The maximum absolute atomic E-state index is 6.43. The molecule has 1 aliphatic rings. The largest absolute Gasteiger partial charge is 0.327 e. The van der Waals surface area contributed by atoms with Crippen LogP contribution in [0.15, 0.2) is 24.3 Å². The minimum atomic E-state index is 0.419. The van der Waals surface area contributed by atoms with Gasteiger partial charge in [-0.1, -0.05) is 76.6 Å². The van der Waals surface area contributed by atoms with Crippen molar-refractivity contribution >= 4 is 0 Å². The first kappa shape index (κ1) is 18.5. The molecule has 1 aromatic carbocycles. The normalized spacial score (nSPS) is 24.2. The fourth-order valence-electron chi connectivity index (χ4n) is 4.17. The molecule has 0 saturated heterocycles. The van der Waals surface area contributed by atoms with Gasteiger partial charge in [-0.05, 0) is 55.1 Å². The lowest BCUT2D eigenvalue weighted by atomic mass is 9.91. The molecule has 1 fully saturated rings. The van der Waals surface area contributed by atoms with E-state index in [1.54, 1.807) is 0 Å². The predicted octanol–water partition coefficient (Wildman–Crippen LogP) is 5.90. The van der Waals surface area contributed by atoms with Crippen molar-refractivity contribution in [3.05, 3.63) is 35.4 Å². The Morgan fingerprint density at radius 3 is 2.09 bits per heavy atom. The Labute approximate surface area is 144 Å². The number of hydrogen-bond donors (Lipinski definition) is 1. The molecular formula is C22H37N. The molecule has 0 aliphatic heterocycles. The molecule has 3 atom stereocenters. The van der Waals surface area contributed by atoms with Gasteiger partial charge in [0.05, 0.1) is 0 Å². The summed E-state index contributed by atoms with van der Waals surface area (Å²) in [7, 11) is 0. The Morgan fingerprint density at radius 2 is 1.43 bits per heavy atom. The quantitative estimate of drug-likeness (QED) is 0.535. The highest BCUT2D eigenvalue weighted by Gasteiger charge is 2.31. The van der Waals surface area contributed by atoms with Crippen LogP contribution in [-0.2, 0) is 12.8 Å². The summed E-state index contributed by atoms with van der Waals surface area (Å²) in [5.41, 5.74) is 9.41. The van der Waals surface area contributed by atoms with E-state index in [0.717, 1.165) is 5.92 Å². The number of benzene rings is 1. The van der Waals surface area contributed by atoms with E-state index < -0.39 is 0 Å². The van der Waals surface area contributed by atoms with Crippen molar-refractivity contribution in [2.45, 2.75) is 90.5 Å². The summed E-state index contributed by atoms with van der Waals surface area (Å²) < 4.78 is 0. The zero-order chi connectivity index (χ0) is 16.5. The molecule has 2 N–H and O–H groups in total. The van der Waals surface area contributed by atoms with Gasteiger partial charge >= 0.3 is 0 Å². The van der Waals surface area contributed by atoms with Crippen molar-refractivity contribution in [3.63, 3.8) is 0 Å². The van der Waals surface area contributed by atoms with Crippen LogP contribution in [0.3, 0.4) is 0 Å². The standard InChI is InChI=1S/C22H37N/c1-3-5-6-7-8-9-10-18-11-13-19(14-12-18)17-21-16-15-20(4-2)22(21)23/h11-14,20-22H,3-10,15-17,23H2,1-2H3. The first-order chi connectivity index (χ1) is 11.2. The second-order valence-electron chi connectivity index (χ2n) is 7.62. The summed E-state index contributed by atoms with van der Waals surface area (Å²) in [6, 6.07) is 9.80. The second-order valence-corrected chi connectivity index (χ2v) is 7.62. The molecule has 130 valence electrons. The molecule has 0 bridgehead atoms. The van der Waals surface area contributed by atoms with Gasteiger partial charge in [0.25, 0.3) is 0 Å². The third kappa shape index (κ3) is 5.95. The zero-order valence-electron chi connectivity index (χ0n) is 15.4. The first-order valence-electron chi connectivity index (χ1n) is 10.1. The lowest BCUT2D eigenvalue weighted by molar-refractivity contribution is 0.399. The minimum Gasteiger partial charge on any atom is -0.327 e. The van der Waals surface area contributed by atoms with Crippen LogP contribution in [0.4, 0.5) is 0 Å². The van der Waals surface area contributed by atoms with Crippen molar-refractivity contribution in [2.24, 2.45) is 17.6 Å². The smallest absolute Gasteiger partial charge is 0.00987 e. The molecule has 0 amide bonds. The molecular weight excluding hydrogens is 278 g/mol. The molecule has 0 radical (unpaired) electrons. The first-order valence-corrected chi connectivity index (χ1v) is 10.1. The van der Waals surface area contributed by atoms with E-state index in [4.69, 9.17) is 5.73 Å². The van der Waals surface area contributed by atoms with Gasteiger partial charge in [-0.15, -0.1) is 0 Å². The molecule has 2 rings (SSSR count). The van der Waals surface area contributed by atoms with Crippen LogP contribution in [0.1, 0.15) is 82.8 Å². The lowest BCUT2D eigenvalue weighted by Crippen LogP contribution is -2.32. The topological polar surface area (TPSA) is 26.0 Å². The van der Waals surface area contributed by atoms with E-state index >= 15 is 0 Å². The van der Waals surface area contributed by atoms with Gasteiger partial charge in [0.1, 0.15) is 0 Å². The number of hydrogen-bond acceptors (Lipinski definition) is 1. The molecule has 3 unspecified atom stereocenters. The Balaban J connectivity index is 1.70. The summed E-state index contributed by atoms with van der Waals surface area (Å²) in [4.78, 5) is 0. The summed E-state index contributed by atoms with van der Waals surface area (Å²) in [5, 5.41) is 0. The van der Waals surface area contributed by atoms with Gasteiger partial charge in [0.2, 0.25) is 0 Å². The Bertz CT molecular complexity index is 422. The van der Waals surface area contributed by atoms with Crippen LogP contribution in [0.5, 0.6) is 0 Å². The highest BCUT2D eigenvalue weighted by Crippen LogP contribution is 2.34. The van der Waals surface area contributed by atoms with Crippen molar-refractivity contribution in [1.29, 1.82) is 0 Å². The fourth-order valence-corrected chi connectivity index (χ4v) is 4.17. The van der Waals surface area contributed by atoms with Crippen LogP contribution in [0, 0.1) is 11.8 Å². The van der Waals surface area contributed by atoms with Crippen LogP contribution in [0.25, 0.3) is 0 Å². The average Bonchev–Trinajstić information content (AvgIpc) is 2.92. The number of nitrogens with two attached hydrogens (primary N) is 1. The number of aryl methyl sites for hydroxylation is 1. The van der Waals surface area contributed by atoms with E-state index in [2.05, 4.69) is 38.1 Å². The van der Waals surface area contributed by atoms with Crippen LogP contribution in [0.2, 0.25) is 0 Å². The van der Waals surface area contributed by atoms with Crippen molar-refractivity contribution in [3.8, 4) is 0 Å². The van der Waals surface area contributed by atoms with E-state index in [0.29, 0.717) is 12.0 Å². The van der Waals surface area contributed by atoms with Gasteiger partial charge in [-0.2, -0.15) is 0 Å². The molecule has 23 heavy (non-hydrogen) atoms. The van der Waals surface area contributed by atoms with Gasteiger partial charge in [-0.3, -0.25) is 0 Å². The molecule has 1 nitrogen and oxygen atoms in total. The average molecular weight is 316 g/mol. The predicted molar refractivity (Wildman–Crippen MR) is 102 cm³/mol. The van der Waals surface area contributed by atoms with Gasteiger partial charge in [0.15, 0.2) is 0 Å². The van der Waals surface area contributed by atoms with Gasteiger partial charge in [0, 0.05) is 6.04 Å². The summed E-state index contributed by atoms with van der Waals surface area (Å²) in [6.07, 6.45) is 14.6. The van der Waals surface area contributed by atoms with Gasteiger partial charge in [-0.25, -0.2) is 0 Å². The Hall–Kier alpha value is -0.820. The summed E-state index contributed by atoms with van der Waals surface area (Å²) >= 11 is 0. The molecule has 0 heterocycles. The highest BCUT2D eigenvalue weighted by molar-refractivity contribution is 5.23. The molecule has 0 spiro atoms. The van der Waals surface area contributed by atoms with E-state index in [9.17, 15) is 0 Å². The molecule has 1 saturated carbocycles. The van der Waals surface area contributed by atoms with Crippen LogP contribution in [-0.4, -0.2) is 6.04 Å². The maximum atomic E-state index is 6.43. The molecule has 1 aromatic rings. The monoisotopic (exact) mass is 315 g/mol. The minimum absolute atomic E-state index is 0.419. The third-order valence-corrected chi connectivity index (χ3v) is 5.86. The highest BCUT2D eigenvalue weighted by atomic mass is 14.7. The maximum Gasteiger partial charge on any atom is 0.00987 e. The van der Waals surface area contributed by atoms with Crippen molar-refractivity contribution < 1.29 is 0 Å². The van der Waals surface area contributed by atoms with E-state index in [-0.39, 0.29) is 0 Å². The van der Waals surface area contributed by atoms with E-state index in [1.165, 1.54) is 81.8 Å². The number of unbranched alkanes of at least 4 members (excludes halogenated alkanes) is 5. The van der Waals surface area contributed by atoms with Crippen molar-refractivity contribution in [1.82, 2.24) is 0 Å². The Kier molecular flexibility index (Phi) is 8.16. The van der Waals surface area contributed by atoms with Gasteiger partial charge < -0.3 is 5.73 Å². The molecule has 1 heteroatoms. The molecule has 1 aliphatic carbocycles. The third-order valence-electron chi connectivity index (χ3n) is 5.86. The fraction of sp³-hybridized carbons (Fsp3) is 0.727.